The van der Waals surface area contributed by atoms with Gasteiger partial charge in [-0.2, -0.15) is 0 Å². The van der Waals surface area contributed by atoms with Crippen LogP contribution in [0.5, 0.6) is 0 Å². The highest BCUT2D eigenvalue weighted by Gasteiger charge is 2.12. The summed E-state index contributed by atoms with van der Waals surface area (Å²) in [6.07, 6.45) is 1.19. The molecule has 1 aliphatic rings. The number of likely N-dealkylation sites (N-methyl/N-ethyl adjacent to an activating group) is 1. The van der Waals surface area contributed by atoms with E-state index in [0.29, 0.717) is 6.54 Å². The minimum absolute atomic E-state index is 0.202. The van der Waals surface area contributed by atoms with Crippen molar-refractivity contribution in [3.8, 4) is 0 Å². The molecule has 0 aliphatic carbocycles. The van der Waals surface area contributed by atoms with E-state index in [1.807, 2.05) is 0 Å². The predicted octanol–water partition coefficient (Wildman–Crippen LogP) is 0.984. The van der Waals surface area contributed by atoms with Crippen LogP contribution in [0.25, 0.3) is 0 Å². The fourth-order valence-corrected chi connectivity index (χ4v) is 1.68. The quantitative estimate of drug-likeness (QED) is 0.629. The SMILES string of the molecule is CCN1CCCN(CCF)CC1. The highest BCUT2D eigenvalue weighted by atomic mass is 19.1. The van der Waals surface area contributed by atoms with E-state index in [1.165, 1.54) is 13.0 Å². The first-order valence-electron chi connectivity index (χ1n) is 4.87. The molecule has 1 heterocycles. The minimum Gasteiger partial charge on any atom is -0.302 e. The van der Waals surface area contributed by atoms with Crippen LogP contribution >= 0.6 is 0 Å². The maximum atomic E-state index is 12.0. The Morgan fingerprint density at radius 1 is 1.08 bits per heavy atom. The number of rotatable bonds is 3. The smallest absolute Gasteiger partial charge is 0.102 e. The van der Waals surface area contributed by atoms with E-state index in [-0.39, 0.29) is 6.67 Å². The molecule has 12 heavy (non-hydrogen) atoms. The molecule has 0 bridgehead atoms. The molecule has 1 saturated heterocycles. The van der Waals surface area contributed by atoms with Crippen molar-refractivity contribution in [2.24, 2.45) is 0 Å². The largest absolute Gasteiger partial charge is 0.302 e. The Kier molecular flexibility index (Phi) is 4.54. The summed E-state index contributed by atoms with van der Waals surface area (Å²) in [6, 6.07) is 0. The average molecular weight is 174 g/mol. The lowest BCUT2D eigenvalue weighted by molar-refractivity contribution is 0.245. The summed E-state index contributed by atoms with van der Waals surface area (Å²) in [5.41, 5.74) is 0. The molecule has 0 aromatic heterocycles. The predicted molar refractivity (Wildman–Crippen MR) is 49.1 cm³/mol. The molecule has 1 aliphatic heterocycles. The fourth-order valence-electron chi connectivity index (χ4n) is 1.68. The normalized spacial score (nSPS) is 22.5. The maximum Gasteiger partial charge on any atom is 0.102 e. The lowest BCUT2D eigenvalue weighted by Gasteiger charge is -2.19. The molecular weight excluding hydrogens is 155 g/mol. The van der Waals surface area contributed by atoms with Crippen molar-refractivity contribution >= 4 is 0 Å². The molecule has 0 spiro atoms. The van der Waals surface area contributed by atoms with Gasteiger partial charge < -0.3 is 4.90 Å². The fraction of sp³-hybridized carbons (Fsp3) is 1.00. The summed E-state index contributed by atoms with van der Waals surface area (Å²) in [6.45, 7) is 8.13. The molecule has 0 amide bonds. The standard InChI is InChI=1S/C9H19FN2/c1-2-11-5-3-6-12(7-4-10)9-8-11/h2-9H2,1H3. The molecule has 1 fully saturated rings. The Morgan fingerprint density at radius 3 is 2.42 bits per heavy atom. The molecule has 2 nitrogen and oxygen atoms in total. The Bertz CT molecular complexity index is 119. The molecule has 0 N–H and O–H groups in total. The second-order valence-electron chi connectivity index (χ2n) is 3.32. The molecule has 0 unspecified atom stereocenters. The lowest BCUT2D eigenvalue weighted by atomic mass is 10.4. The van der Waals surface area contributed by atoms with Crippen LogP contribution in [0.15, 0.2) is 0 Å². The average Bonchev–Trinajstić information content (AvgIpc) is 2.31. The van der Waals surface area contributed by atoms with Gasteiger partial charge in [-0.05, 0) is 26.1 Å². The van der Waals surface area contributed by atoms with E-state index in [0.717, 1.165) is 26.2 Å². The van der Waals surface area contributed by atoms with Gasteiger partial charge in [-0.25, -0.2) is 4.39 Å². The van der Waals surface area contributed by atoms with E-state index in [9.17, 15) is 4.39 Å². The summed E-state index contributed by atoms with van der Waals surface area (Å²) < 4.78 is 12.0. The minimum atomic E-state index is -0.202. The molecule has 0 radical (unpaired) electrons. The molecule has 0 saturated carbocycles. The van der Waals surface area contributed by atoms with Crippen molar-refractivity contribution in [2.75, 3.05) is 45.9 Å². The van der Waals surface area contributed by atoms with Crippen molar-refractivity contribution in [1.82, 2.24) is 9.80 Å². The number of halogens is 1. The van der Waals surface area contributed by atoms with Gasteiger partial charge in [0, 0.05) is 19.6 Å². The first-order valence-corrected chi connectivity index (χ1v) is 4.87. The van der Waals surface area contributed by atoms with Gasteiger partial charge in [0.1, 0.15) is 6.67 Å². The van der Waals surface area contributed by atoms with Gasteiger partial charge >= 0.3 is 0 Å². The summed E-state index contributed by atoms with van der Waals surface area (Å²) in [5.74, 6) is 0. The van der Waals surface area contributed by atoms with E-state index in [1.54, 1.807) is 0 Å². The van der Waals surface area contributed by atoms with Crippen molar-refractivity contribution in [1.29, 1.82) is 0 Å². The van der Waals surface area contributed by atoms with Crippen LogP contribution in [-0.4, -0.2) is 55.7 Å². The van der Waals surface area contributed by atoms with Crippen LogP contribution in [0, 0.1) is 0 Å². The van der Waals surface area contributed by atoms with Gasteiger partial charge in [-0.1, -0.05) is 6.92 Å². The van der Waals surface area contributed by atoms with Gasteiger partial charge in [0.2, 0.25) is 0 Å². The van der Waals surface area contributed by atoms with E-state index >= 15 is 0 Å². The van der Waals surface area contributed by atoms with Crippen LogP contribution in [0.3, 0.4) is 0 Å². The number of hydrogen-bond acceptors (Lipinski definition) is 2. The molecule has 0 atom stereocenters. The highest BCUT2D eigenvalue weighted by molar-refractivity contribution is 4.68. The van der Waals surface area contributed by atoms with E-state index in [4.69, 9.17) is 0 Å². The summed E-state index contributed by atoms with van der Waals surface area (Å²) in [5, 5.41) is 0. The first kappa shape index (κ1) is 9.93. The van der Waals surface area contributed by atoms with Crippen LogP contribution in [0.2, 0.25) is 0 Å². The zero-order valence-electron chi connectivity index (χ0n) is 7.93. The molecule has 72 valence electrons. The maximum absolute atomic E-state index is 12.0. The zero-order chi connectivity index (χ0) is 8.81. The number of alkyl halides is 1. The number of hydrogen-bond donors (Lipinski definition) is 0. The van der Waals surface area contributed by atoms with Gasteiger partial charge in [-0.15, -0.1) is 0 Å². The second-order valence-corrected chi connectivity index (χ2v) is 3.32. The Hall–Kier alpha value is -0.150. The topological polar surface area (TPSA) is 6.48 Å². The summed E-state index contributed by atoms with van der Waals surface area (Å²) in [4.78, 5) is 4.65. The third kappa shape index (κ3) is 3.07. The summed E-state index contributed by atoms with van der Waals surface area (Å²) >= 11 is 0. The molecule has 0 aromatic carbocycles. The zero-order valence-corrected chi connectivity index (χ0v) is 7.93. The van der Waals surface area contributed by atoms with Crippen LogP contribution in [0.1, 0.15) is 13.3 Å². The molecular formula is C9H19FN2. The van der Waals surface area contributed by atoms with Gasteiger partial charge in [0.05, 0.1) is 0 Å². The monoisotopic (exact) mass is 174 g/mol. The third-order valence-corrected chi connectivity index (χ3v) is 2.53. The van der Waals surface area contributed by atoms with Crippen molar-refractivity contribution in [3.05, 3.63) is 0 Å². The van der Waals surface area contributed by atoms with Crippen LogP contribution in [-0.2, 0) is 0 Å². The molecule has 1 rings (SSSR count). The van der Waals surface area contributed by atoms with Crippen molar-refractivity contribution < 1.29 is 4.39 Å². The highest BCUT2D eigenvalue weighted by Crippen LogP contribution is 2.01. The summed E-state index contributed by atoms with van der Waals surface area (Å²) in [7, 11) is 0. The Balaban J connectivity index is 2.24. The van der Waals surface area contributed by atoms with Crippen molar-refractivity contribution in [3.63, 3.8) is 0 Å². The third-order valence-electron chi connectivity index (χ3n) is 2.53. The van der Waals surface area contributed by atoms with Gasteiger partial charge in [-0.3, -0.25) is 4.90 Å². The van der Waals surface area contributed by atoms with Crippen molar-refractivity contribution in [2.45, 2.75) is 13.3 Å². The molecule has 3 heteroatoms. The number of nitrogens with zero attached hydrogens (tertiary/aromatic N) is 2. The Labute approximate surface area is 74.3 Å². The van der Waals surface area contributed by atoms with Crippen LogP contribution < -0.4 is 0 Å². The second kappa shape index (κ2) is 5.49. The van der Waals surface area contributed by atoms with Gasteiger partial charge in [0.15, 0.2) is 0 Å². The van der Waals surface area contributed by atoms with Gasteiger partial charge in [0.25, 0.3) is 0 Å². The van der Waals surface area contributed by atoms with E-state index < -0.39 is 0 Å². The molecule has 0 aromatic rings. The van der Waals surface area contributed by atoms with E-state index in [2.05, 4.69) is 16.7 Å². The Morgan fingerprint density at radius 2 is 1.75 bits per heavy atom. The first-order chi connectivity index (χ1) is 5.86. The van der Waals surface area contributed by atoms with Crippen LogP contribution in [0.4, 0.5) is 4.39 Å². The lowest BCUT2D eigenvalue weighted by Crippen LogP contribution is -2.31.